The van der Waals surface area contributed by atoms with Gasteiger partial charge in [0.25, 0.3) is 11.6 Å². The number of halogens is 1. The van der Waals surface area contributed by atoms with Crippen LogP contribution in [-0.2, 0) is 9.59 Å². The molecule has 0 aliphatic carbocycles. The van der Waals surface area contributed by atoms with E-state index < -0.39 is 10.8 Å². The Bertz CT molecular complexity index is 744. The van der Waals surface area contributed by atoms with Gasteiger partial charge in [-0.2, -0.15) is 0 Å². The summed E-state index contributed by atoms with van der Waals surface area (Å²) in [6.07, 6.45) is 1.72. The Morgan fingerprint density at radius 1 is 1.44 bits per heavy atom. The molecule has 2 aliphatic heterocycles. The fourth-order valence-electron chi connectivity index (χ4n) is 3.51. The summed E-state index contributed by atoms with van der Waals surface area (Å²) in [7, 11) is 0. The Kier molecular flexibility index (Phi) is 6.61. The Balaban J connectivity index is 0.00000261. The molecule has 0 aromatic heterocycles. The van der Waals surface area contributed by atoms with Gasteiger partial charge in [-0.1, -0.05) is 6.92 Å². The average Bonchev–Trinajstić information content (AvgIpc) is 2.63. The molecule has 0 radical (unpaired) electrons. The number of carbonyl (C=O) groups is 2. The largest absolute Gasteiger partial charge is 0.482 e. The van der Waals surface area contributed by atoms with Gasteiger partial charge >= 0.3 is 0 Å². The molecule has 1 aromatic rings. The molecule has 9 nitrogen and oxygen atoms in total. The highest BCUT2D eigenvalue weighted by Gasteiger charge is 2.34. The number of nitrogens with two attached hydrogens (primary N) is 1. The third-order valence-electron chi connectivity index (χ3n) is 4.96. The Morgan fingerprint density at radius 2 is 2.19 bits per heavy atom. The summed E-state index contributed by atoms with van der Waals surface area (Å²) in [4.78, 5) is 38.6. The predicted molar refractivity (Wildman–Crippen MR) is 101 cm³/mol. The lowest BCUT2D eigenvalue weighted by atomic mass is 9.92. The molecule has 1 fully saturated rings. The van der Waals surface area contributed by atoms with Crippen molar-refractivity contribution in [3.8, 4) is 5.75 Å². The topological polar surface area (TPSA) is 119 Å². The van der Waals surface area contributed by atoms with Crippen LogP contribution in [0.25, 0.3) is 0 Å². The van der Waals surface area contributed by atoms with Gasteiger partial charge < -0.3 is 15.4 Å². The van der Waals surface area contributed by atoms with Crippen molar-refractivity contribution in [3.05, 3.63) is 28.3 Å². The number of carbonyl (C=O) groups excluding carboxylic acids is 2. The maximum absolute atomic E-state index is 12.8. The second-order valence-electron chi connectivity index (χ2n) is 6.78. The van der Waals surface area contributed by atoms with Crippen molar-refractivity contribution in [2.75, 3.05) is 31.1 Å². The van der Waals surface area contributed by atoms with Crippen LogP contribution in [0.15, 0.2) is 18.2 Å². The third kappa shape index (κ3) is 4.30. The quantitative estimate of drug-likeness (QED) is 0.603. The summed E-state index contributed by atoms with van der Waals surface area (Å²) < 4.78 is 5.33. The van der Waals surface area contributed by atoms with Crippen molar-refractivity contribution >= 4 is 35.6 Å². The van der Waals surface area contributed by atoms with E-state index in [2.05, 4.69) is 6.92 Å². The number of likely N-dealkylation sites (tertiary alicyclic amines) is 1. The molecule has 10 heteroatoms. The van der Waals surface area contributed by atoms with Crippen molar-refractivity contribution in [2.24, 2.45) is 11.7 Å². The van der Waals surface area contributed by atoms with Crippen LogP contribution in [0.3, 0.4) is 0 Å². The minimum absolute atomic E-state index is 0. The molecule has 0 bridgehead atoms. The minimum Gasteiger partial charge on any atom is -0.482 e. The lowest BCUT2D eigenvalue weighted by Crippen LogP contribution is -2.53. The Hall–Kier alpha value is -2.39. The van der Waals surface area contributed by atoms with E-state index in [1.54, 1.807) is 4.90 Å². The first kappa shape index (κ1) is 20.9. The summed E-state index contributed by atoms with van der Waals surface area (Å²) in [5, 5.41) is 11.0. The van der Waals surface area contributed by atoms with Gasteiger partial charge in [0.2, 0.25) is 5.91 Å². The highest BCUT2D eigenvalue weighted by molar-refractivity contribution is 6.02. The molecule has 148 valence electrons. The molecule has 2 heterocycles. The summed E-state index contributed by atoms with van der Waals surface area (Å²) in [6, 6.07) is 3.97. The molecule has 1 saturated heterocycles. The summed E-state index contributed by atoms with van der Waals surface area (Å²) in [6.45, 7) is 2.72. The number of benzene rings is 1. The first-order valence-corrected chi connectivity index (χ1v) is 8.62. The molecular weight excluding hydrogens is 376 g/mol. The van der Waals surface area contributed by atoms with Gasteiger partial charge in [0.15, 0.2) is 6.61 Å². The van der Waals surface area contributed by atoms with Gasteiger partial charge in [-0.3, -0.25) is 24.6 Å². The fraction of sp³-hybridized carbons (Fsp3) is 0.529. The molecule has 1 aromatic carbocycles. The van der Waals surface area contributed by atoms with E-state index in [0.29, 0.717) is 24.8 Å². The van der Waals surface area contributed by atoms with Crippen LogP contribution in [-0.4, -0.2) is 53.9 Å². The number of nitro groups is 1. The van der Waals surface area contributed by atoms with Gasteiger partial charge in [-0.25, -0.2) is 0 Å². The van der Waals surface area contributed by atoms with Crippen LogP contribution < -0.4 is 15.4 Å². The van der Waals surface area contributed by atoms with Crippen LogP contribution in [0.4, 0.5) is 11.4 Å². The summed E-state index contributed by atoms with van der Waals surface area (Å²) in [5.74, 6) is 0.243. The molecule has 2 amide bonds. The van der Waals surface area contributed by atoms with Crippen molar-refractivity contribution in [1.29, 1.82) is 0 Å². The Labute approximate surface area is 163 Å². The number of hydrogen-bond donors (Lipinski definition) is 1. The number of rotatable bonds is 4. The van der Waals surface area contributed by atoms with E-state index >= 15 is 0 Å². The second-order valence-corrected chi connectivity index (χ2v) is 6.78. The number of fused-ring (bicyclic) bond motifs is 1. The molecule has 27 heavy (non-hydrogen) atoms. The number of non-ortho nitro benzene ring substituents is 1. The van der Waals surface area contributed by atoms with Crippen LogP contribution in [0.5, 0.6) is 5.75 Å². The molecule has 2 N–H and O–H groups in total. The van der Waals surface area contributed by atoms with Crippen molar-refractivity contribution < 1.29 is 19.2 Å². The number of hydrogen-bond acceptors (Lipinski definition) is 6. The number of nitrogens with zero attached hydrogens (tertiary/aromatic N) is 3. The minimum atomic E-state index is -0.546. The molecule has 0 saturated carbocycles. The van der Waals surface area contributed by atoms with Crippen LogP contribution in [0.1, 0.15) is 19.8 Å². The van der Waals surface area contributed by atoms with Crippen LogP contribution in [0.2, 0.25) is 0 Å². The monoisotopic (exact) mass is 398 g/mol. The Morgan fingerprint density at radius 3 is 2.85 bits per heavy atom. The zero-order valence-corrected chi connectivity index (χ0v) is 15.8. The smallest absolute Gasteiger partial charge is 0.271 e. The number of ether oxygens (including phenoxy) is 1. The molecule has 2 unspecified atom stereocenters. The van der Waals surface area contributed by atoms with Crippen molar-refractivity contribution in [3.63, 3.8) is 0 Å². The summed E-state index contributed by atoms with van der Waals surface area (Å²) in [5.41, 5.74) is 5.90. The van der Waals surface area contributed by atoms with Gasteiger partial charge in [-0.15, -0.1) is 12.4 Å². The van der Waals surface area contributed by atoms with E-state index in [1.165, 1.54) is 23.1 Å². The second kappa shape index (κ2) is 8.53. The van der Waals surface area contributed by atoms with E-state index in [9.17, 15) is 19.7 Å². The van der Waals surface area contributed by atoms with Crippen LogP contribution in [0, 0.1) is 16.0 Å². The predicted octanol–water partition coefficient (Wildman–Crippen LogP) is 1.33. The maximum Gasteiger partial charge on any atom is 0.271 e. The van der Waals surface area contributed by atoms with Crippen LogP contribution >= 0.6 is 12.4 Å². The number of anilines is 1. The molecular formula is C17H23ClN4O5. The first-order valence-electron chi connectivity index (χ1n) is 8.62. The lowest BCUT2D eigenvalue weighted by Gasteiger charge is -2.39. The normalized spacial score (nSPS) is 21.8. The zero-order chi connectivity index (χ0) is 18.8. The molecule has 0 spiro atoms. The van der Waals surface area contributed by atoms with E-state index in [-0.39, 0.29) is 48.9 Å². The van der Waals surface area contributed by atoms with Crippen molar-refractivity contribution in [2.45, 2.75) is 25.8 Å². The highest BCUT2D eigenvalue weighted by Crippen LogP contribution is 2.35. The fourth-order valence-corrected chi connectivity index (χ4v) is 3.51. The molecule has 3 rings (SSSR count). The van der Waals surface area contributed by atoms with Gasteiger partial charge in [0.05, 0.1) is 10.6 Å². The number of nitro benzene ring substituents is 1. The number of piperidine rings is 1. The van der Waals surface area contributed by atoms with Gasteiger partial charge in [-0.05, 0) is 24.8 Å². The maximum atomic E-state index is 12.8. The van der Waals surface area contributed by atoms with Gasteiger partial charge in [0, 0.05) is 31.3 Å². The van der Waals surface area contributed by atoms with E-state index in [1.807, 2.05) is 0 Å². The summed E-state index contributed by atoms with van der Waals surface area (Å²) >= 11 is 0. The van der Waals surface area contributed by atoms with Crippen molar-refractivity contribution in [1.82, 2.24) is 4.90 Å². The zero-order valence-electron chi connectivity index (χ0n) is 15.0. The molecule has 2 atom stereocenters. The third-order valence-corrected chi connectivity index (χ3v) is 4.96. The van der Waals surface area contributed by atoms with E-state index in [0.717, 1.165) is 12.8 Å². The van der Waals surface area contributed by atoms with E-state index in [4.69, 9.17) is 10.5 Å². The number of amides is 2. The first-order chi connectivity index (χ1) is 12.4. The molecule has 2 aliphatic rings. The van der Waals surface area contributed by atoms with Gasteiger partial charge in [0.1, 0.15) is 12.3 Å². The lowest BCUT2D eigenvalue weighted by molar-refractivity contribution is -0.384. The SMILES string of the molecule is CC1CCN(C(=O)CN2C(=O)COc3ccc([N+](=O)[O-])cc32)C(CN)C1.Cl. The highest BCUT2D eigenvalue weighted by atomic mass is 35.5. The standard InChI is InChI=1S/C17H22N4O5.ClH/c1-11-4-5-19(13(6-11)8-18)16(22)9-20-14-7-12(21(24)25)2-3-15(14)26-10-17(20)23;/h2-3,7,11,13H,4-6,8-10,18H2,1H3;1H. The average molecular weight is 399 g/mol.